The second kappa shape index (κ2) is 9.70. The molecule has 0 heterocycles. The van der Waals surface area contributed by atoms with Gasteiger partial charge in [-0.1, -0.05) is 30.7 Å². The van der Waals surface area contributed by atoms with Crippen LogP contribution in [0, 0.1) is 0 Å². The highest BCUT2D eigenvalue weighted by Crippen LogP contribution is 2.14. The molecule has 26 heavy (non-hydrogen) atoms. The quantitative estimate of drug-likeness (QED) is 0.530. The van der Waals surface area contributed by atoms with Crippen LogP contribution in [0.3, 0.4) is 0 Å². The van der Waals surface area contributed by atoms with Gasteiger partial charge < -0.3 is 10.6 Å². The van der Waals surface area contributed by atoms with Crippen LogP contribution in [0.2, 0.25) is 5.02 Å². The normalized spacial score (nSPS) is 10.4. The Hall–Kier alpha value is -2.70. The Bertz CT molecular complexity index is 818. The van der Waals surface area contributed by atoms with Crippen molar-refractivity contribution in [1.29, 1.82) is 0 Å². The van der Waals surface area contributed by atoms with Gasteiger partial charge in [-0.2, -0.15) is 0 Å². The molecular weight excluding hydrogens is 370 g/mol. The van der Waals surface area contributed by atoms with Gasteiger partial charge in [0.25, 0.3) is 0 Å². The van der Waals surface area contributed by atoms with Crippen LogP contribution >= 0.6 is 23.8 Å². The van der Waals surface area contributed by atoms with Gasteiger partial charge in [-0.05, 0) is 60.3 Å². The van der Waals surface area contributed by atoms with Gasteiger partial charge in [-0.25, -0.2) is 0 Å². The largest absolute Gasteiger partial charge is 0.332 e. The monoisotopic (exact) mass is 387 g/mol. The van der Waals surface area contributed by atoms with Crippen LogP contribution in [0.4, 0.5) is 11.4 Å². The van der Waals surface area contributed by atoms with E-state index in [1.807, 2.05) is 12.1 Å². The third kappa shape index (κ3) is 6.66. The number of hydrogen-bond acceptors (Lipinski definition) is 3. The summed E-state index contributed by atoms with van der Waals surface area (Å²) < 4.78 is 0. The third-order valence-corrected chi connectivity index (χ3v) is 3.74. The molecule has 0 bridgehead atoms. The fraction of sp³-hybridized carbons (Fsp3) is 0.105. The van der Waals surface area contributed by atoms with E-state index in [9.17, 15) is 9.59 Å². The topological polar surface area (TPSA) is 70.2 Å². The molecule has 2 rings (SSSR count). The summed E-state index contributed by atoms with van der Waals surface area (Å²) in [7, 11) is 0. The Kier molecular flexibility index (Phi) is 7.32. The lowest BCUT2D eigenvalue weighted by molar-refractivity contribution is -0.116. The highest BCUT2D eigenvalue weighted by atomic mass is 35.5. The minimum absolute atomic E-state index is 0.0547. The minimum atomic E-state index is -0.343. The molecule has 0 saturated heterocycles. The summed E-state index contributed by atoms with van der Waals surface area (Å²) >= 11 is 10.9. The summed E-state index contributed by atoms with van der Waals surface area (Å²) in [5, 5.41) is 9.04. The molecule has 0 unspecified atom stereocenters. The lowest BCUT2D eigenvalue weighted by Gasteiger charge is -2.09. The Morgan fingerprint density at radius 3 is 2.15 bits per heavy atom. The number of anilines is 2. The lowest BCUT2D eigenvalue weighted by atomic mass is 10.2. The second-order valence-electron chi connectivity index (χ2n) is 5.31. The van der Waals surface area contributed by atoms with Gasteiger partial charge >= 0.3 is 0 Å². The number of thiocarbonyl (C=S) groups is 1. The van der Waals surface area contributed by atoms with Crippen LogP contribution in [-0.4, -0.2) is 16.9 Å². The molecular formula is C19H18ClN3O2S. The lowest BCUT2D eigenvalue weighted by Crippen LogP contribution is -2.32. The molecule has 0 saturated carbocycles. The molecule has 2 aromatic rings. The first kappa shape index (κ1) is 19.6. The Balaban J connectivity index is 1.84. The van der Waals surface area contributed by atoms with Gasteiger partial charge in [0.2, 0.25) is 11.8 Å². The van der Waals surface area contributed by atoms with Crippen molar-refractivity contribution in [3.63, 3.8) is 0 Å². The highest BCUT2D eigenvalue weighted by Gasteiger charge is 2.03. The van der Waals surface area contributed by atoms with E-state index in [0.717, 1.165) is 5.56 Å². The van der Waals surface area contributed by atoms with Crippen molar-refractivity contribution in [2.75, 3.05) is 10.6 Å². The van der Waals surface area contributed by atoms with Gasteiger partial charge in [0.15, 0.2) is 5.11 Å². The smallest absolute Gasteiger partial charge is 0.250 e. The SMILES string of the molecule is CCC(=O)Nc1ccc(NC(=S)NC(=O)/C=C/c2ccc(Cl)cc2)cc1. The van der Waals surface area contributed by atoms with Crippen molar-refractivity contribution in [3.05, 3.63) is 65.2 Å². The van der Waals surface area contributed by atoms with E-state index in [4.69, 9.17) is 23.8 Å². The van der Waals surface area contributed by atoms with Gasteiger partial charge in [0.1, 0.15) is 0 Å². The average Bonchev–Trinajstić information content (AvgIpc) is 2.62. The van der Waals surface area contributed by atoms with Crippen LogP contribution in [-0.2, 0) is 9.59 Å². The summed E-state index contributed by atoms with van der Waals surface area (Å²) in [6, 6.07) is 14.1. The van der Waals surface area contributed by atoms with Crippen molar-refractivity contribution in [3.8, 4) is 0 Å². The summed E-state index contributed by atoms with van der Waals surface area (Å²) in [6.45, 7) is 1.79. The predicted octanol–water partition coefficient (Wildman–Crippen LogP) is 4.21. The number of rotatable bonds is 5. The van der Waals surface area contributed by atoms with E-state index >= 15 is 0 Å². The van der Waals surface area contributed by atoms with Crippen LogP contribution in [0.1, 0.15) is 18.9 Å². The molecule has 0 aromatic heterocycles. The molecule has 0 aliphatic rings. The first-order valence-corrected chi connectivity index (χ1v) is 8.70. The average molecular weight is 388 g/mol. The Morgan fingerprint density at radius 2 is 1.58 bits per heavy atom. The van der Waals surface area contributed by atoms with Crippen molar-refractivity contribution in [2.24, 2.45) is 0 Å². The number of amides is 2. The van der Waals surface area contributed by atoms with E-state index in [2.05, 4.69) is 16.0 Å². The minimum Gasteiger partial charge on any atom is -0.332 e. The highest BCUT2D eigenvalue weighted by molar-refractivity contribution is 7.80. The fourth-order valence-electron chi connectivity index (χ4n) is 1.95. The second-order valence-corrected chi connectivity index (χ2v) is 6.15. The predicted molar refractivity (Wildman–Crippen MR) is 110 cm³/mol. The molecule has 2 amide bonds. The fourth-order valence-corrected chi connectivity index (χ4v) is 2.29. The van der Waals surface area contributed by atoms with Crippen molar-refractivity contribution < 1.29 is 9.59 Å². The number of halogens is 1. The number of hydrogen-bond donors (Lipinski definition) is 3. The van der Waals surface area contributed by atoms with E-state index in [0.29, 0.717) is 22.8 Å². The van der Waals surface area contributed by atoms with Crippen LogP contribution in [0.5, 0.6) is 0 Å². The first-order valence-electron chi connectivity index (χ1n) is 7.92. The van der Waals surface area contributed by atoms with E-state index in [1.54, 1.807) is 49.4 Å². The zero-order valence-electron chi connectivity index (χ0n) is 14.1. The molecule has 0 fully saturated rings. The Morgan fingerprint density at radius 1 is 1.00 bits per heavy atom. The molecule has 3 N–H and O–H groups in total. The number of carbonyl (C=O) groups is 2. The zero-order valence-corrected chi connectivity index (χ0v) is 15.7. The maximum Gasteiger partial charge on any atom is 0.250 e. The molecule has 2 aromatic carbocycles. The van der Waals surface area contributed by atoms with Gasteiger partial charge in [-0.15, -0.1) is 0 Å². The number of carbonyl (C=O) groups excluding carboxylic acids is 2. The molecule has 0 atom stereocenters. The molecule has 0 spiro atoms. The Labute approximate surface area is 162 Å². The molecule has 5 nitrogen and oxygen atoms in total. The van der Waals surface area contributed by atoms with Crippen molar-refractivity contribution in [2.45, 2.75) is 13.3 Å². The molecule has 7 heteroatoms. The molecule has 0 aliphatic heterocycles. The maximum absolute atomic E-state index is 11.9. The standard InChI is InChI=1S/C19H18ClN3O2S/c1-2-17(24)21-15-8-10-16(11-9-15)22-19(26)23-18(25)12-5-13-3-6-14(20)7-4-13/h3-12H,2H2,1H3,(H,21,24)(H2,22,23,25,26)/b12-5+. The number of benzene rings is 2. The van der Waals surface area contributed by atoms with Gasteiger partial charge in [0, 0.05) is 28.9 Å². The van der Waals surface area contributed by atoms with Gasteiger partial charge in [0.05, 0.1) is 0 Å². The summed E-state index contributed by atoms with van der Waals surface area (Å²) in [6.07, 6.45) is 3.47. The van der Waals surface area contributed by atoms with Gasteiger partial charge in [-0.3, -0.25) is 14.9 Å². The van der Waals surface area contributed by atoms with E-state index < -0.39 is 0 Å². The first-order chi connectivity index (χ1) is 12.5. The summed E-state index contributed by atoms with van der Waals surface area (Å²) in [5.41, 5.74) is 2.25. The van der Waals surface area contributed by atoms with Crippen molar-refractivity contribution >= 4 is 58.2 Å². The third-order valence-electron chi connectivity index (χ3n) is 3.28. The van der Waals surface area contributed by atoms with Crippen molar-refractivity contribution in [1.82, 2.24) is 5.32 Å². The van der Waals surface area contributed by atoms with Crippen LogP contribution in [0.25, 0.3) is 6.08 Å². The van der Waals surface area contributed by atoms with Crippen LogP contribution in [0.15, 0.2) is 54.6 Å². The summed E-state index contributed by atoms with van der Waals surface area (Å²) in [5.74, 6) is -0.398. The number of nitrogens with one attached hydrogen (secondary N) is 3. The van der Waals surface area contributed by atoms with E-state index in [1.165, 1.54) is 6.08 Å². The molecule has 134 valence electrons. The maximum atomic E-state index is 11.9. The summed E-state index contributed by atoms with van der Waals surface area (Å²) in [4.78, 5) is 23.2. The molecule has 0 radical (unpaired) electrons. The van der Waals surface area contributed by atoms with E-state index in [-0.39, 0.29) is 16.9 Å². The van der Waals surface area contributed by atoms with Crippen LogP contribution < -0.4 is 16.0 Å². The zero-order chi connectivity index (χ0) is 18.9. The molecule has 0 aliphatic carbocycles.